The van der Waals surface area contributed by atoms with Crippen molar-refractivity contribution in [3.63, 3.8) is 0 Å². The summed E-state index contributed by atoms with van der Waals surface area (Å²) in [5.41, 5.74) is 8.05. The highest BCUT2D eigenvalue weighted by atomic mass is 15.1. The fourth-order valence-corrected chi connectivity index (χ4v) is 1.27. The number of likely N-dealkylation sites (N-methyl/N-ethyl adjacent to an activating group) is 1. The predicted molar refractivity (Wildman–Crippen MR) is 71.9 cm³/mol. The Balaban J connectivity index is 0.00000106. The van der Waals surface area contributed by atoms with E-state index in [-0.39, 0.29) is 6.04 Å². The molecule has 0 aromatic carbocycles. The van der Waals surface area contributed by atoms with E-state index in [0.29, 0.717) is 0 Å². The Kier molecular flexibility index (Phi) is 7.56. The smallest absolute Gasteiger partial charge is 0.0550 e. The molecule has 0 aliphatic carbocycles. The van der Waals surface area contributed by atoms with Gasteiger partial charge in [-0.25, -0.2) is 0 Å². The highest BCUT2D eigenvalue weighted by Gasteiger charge is 2.05. The monoisotopic (exact) mass is 223 g/mol. The van der Waals surface area contributed by atoms with Crippen LogP contribution in [-0.4, -0.2) is 24.6 Å². The number of hydrogen-bond acceptors (Lipinski definition) is 3. The van der Waals surface area contributed by atoms with E-state index < -0.39 is 0 Å². The molecule has 0 amide bonds. The second-order valence-corrected chi connectivity index (χ2v) is 3.71. The van der Waals surface area contributed by atoms with Gasteiger partial charge in [0.15, 0.2) is 0 Å². The van der Waals surface area contributed by atoms with E-state index in [1.807, 2.05) is 40.1 Å². The van der Waals surface area contributed by atoms with Crippen molar-refractivity contribution in [2.24, 2.45) is 5.73 Å². The Labute approximate surface area is 99.7 Å². The molecule has 3 heteroatoms. The van der Waals surface area contributed by atoms with Crippen molar-refractivity contribution < 1.29 is 0 Å². The molecule has 0 aliphatic rings. The molecule has 1 atom stereocenters. The largest absolute Gasteiger partial charge is 0.372 e. The third-order valence-corrected chi connectivity index (χ3v) is 2.37. The van der Waals surface area contributed by atoms with Crippen LogP contribution in [0.2, 0.25) is 0 Å². The minimum atomic E-state index is 0.237. The minimum absolute atomic E-state index is 0.237. The van der Waals surface area contributed by atoms with E-state index in [1.165, 1.54) is 0 Å². The van der Waals surface area contributed by atoms with E-state index in [1.54, 1.807) is 0 Å². The van der Waals surface area contributed by atoms with Crippen molar-refractivity contribution in [1.29, 1.82) is 0 Å². The van der Waals surface area contributed by atoms with Crippen molar-refractivity contribution in [2.45, 2.75) is 40.2 Å². The SMILES string of the molecule is CC.CCC(N)CN(C)c1ccc(C)nc1. The number of aryl methyl sites for hydroxylation is 1. The lowest BCUT2D eigenvalue weighted by atomic mass is 10.2. The zero-order valence-corrected chi connectivity index (χ0v) is 11.2. The average molecular weight is 223 g/mol. The zero-order chi connectivity index (χ0) is 12.6. The molecule has 0 fully saturated rings. The van der Waals surface area contributed by atoms with Gasteiger partial charge in [-0.05, 0) is 25.5 Å². The Morgan fingerprint density at radius 2 is 2.00 bits per heavy atom. The molecular weight excluding hydrogens is 198 g/mol. The number of nitrogens with two attached hydrogens (primary N) is 1. The van der Waals surface area contributed by atoms with Gasteiger partial charge in [0.1, 0.15) is 0 Å². The average Bonchev–Trinajstić information content (AvgIpc) is 2.32. The van der Waals surface area contributed by atoms with Crippen LogP contribution in [0.15, 0.2) is 18.3 Å². The number of anilines is 1. The summed E-state index contributed by atoms with van der Waals surface area (Å²) in [6.45, 7) is 8.97. The van der Waals surface area contributed by atoms with E-state index >= 15 is 0 Å². The first-order valence-corrected chi connectivity index (χ1v) is 6.03. The Morgan fingerprint density at radius 1 is 1.38 bits per heavy atom. The van der Waals surface area contributed by atoms with Gasteiger partial charge in [0.2, 0.25) is 0 Å². The van der Waals surface area contributed by atoms with Crippen molar-refractivity contribution >= 4 is 5.69 Å². The normalized spacial score (nSPS) is 11.4. The maximum Gasteiger partial charge on any atom is 0.0550 e. The summed E-state index contributed by atoms with van der Waals surface area (Å²) < 4.78 is 0. The first kappa shape index (κ1) is 14.9. The summed E-state index contributed by atoms with van der Waals surface area (Å²) in [4.78, 5) is 6.39. The Hall–Kier alpha value is -1.09. The van der Waals surface area contributed by atoms with Gasteiger partial charge >= 0.3 is 0 Å². The van der Waals surface area contributed by atoms with E-state index in [4.69, 9.17) is 5.73 Å². The van der Waals surface area contributed by atoms with Gasteiger partial charge in [0.05, 0.1) is 11.9 Å². The Bertz CT molecular complexity index is 269. The quantitative estimate of drug-likeness (QED) is 0.853. The van der Waals surface area contributed by atoms with Gasteiger partial charge in [-0.2, -0.15) is 0 Å². The first-order valence-electron chi connectivity index (χ1n) is 6.03. The van der Waals surface area contributed by atoms with Crippen LogP contribution in [0.5, 0.6) is 0 Å². The number of rotatable bonds is 4. The molecule has 0 bridgehead atoms. The molecule has 1 heterocycles. The van der Waals surface area contributed by atoms with Crippen LogP contribution in [0, 0.1) is 6.92 Å². The van der Waals surface area contributed by atoms with Crippen LogP contribution >= 0.6 is 0 Å². The van der Waals surface area contributed by atoms with Gasteiger partial charge in [-0.1, -0.05) is 20.8 Å². The molecule has 1 unspecified atom stereocenters. The summed E-state index contributed by atoms with van der Waals surface area (Å²) in [7, 11) is 2.04. The molecule has 0 spiro atoms. The summed E-state index contributed by atoms with van der Waals surface area (Å²) in [5.74, 6) is 0. The summed E-state index contributed by atoms with van der Waals surface area (Å²) in [6.07, 6.45) is 2.89. The molecule has 0 aliphatic heterocycles. The van der Waals surface area contributed by atoms with Gasteiger partial charge < -0.3 is 10.6 Å². The van der Waals surface area contributed by atoms with Crippen LogP contribution in [0.25, 0.3) is 0 Å². The van der Waals surface area contributed by atoms with Crippen LogP contribution in [0.3, 0.4) is 0 Å². The standard InChI is InChI=1S/C11H19N3.C2H6/c1-4-10(12)8-14(3)11-6-5-9(2)13-7-11;1-2/h5-7,10H,4,8,12H2,1-3H3;1-2H3. The lowest BCUT2D eigenvalue weighted by molar-refractivity contribution is 0.639. The molecule has 92 valence electrons. The highest BCUT2D eigenvalue weighted by molar-refractivity contribution is 5.43. The highest BCUT2D eigenvalue weighted by Crippen LogP contribution is 2.11. The molecule has 1 aromatic rings. The lowest BCUT2D eigenvalue weighted by Gasteiger charge is -2.22. The van der Waals surface area contributed by atoms with Crippen molar-refractivity contribution in [1.82, 2.24) is 4.98 Å². The number of pyridine rings is 1. The van der Waals surface area contributed by atoms with Crippen LogP contribution in [0.1, 0.15) is 32.9 Å². The van der Waals surface area contributed by atoms with E-state index in [9.17, 15) is 0 Å². The van der Waals surface area contributed by atoms with Crippen molar-refractivity contribution in [3.05, 3.63) is 24.0 Å². The van der Waals surface area contributed by atoms with Crippen molar-refractivity contribution in [2.75, 3.05) is 18.5 Å². The van der Waals surface area contributed by atoms with E-state index in [2.05, 4.69) is 22.9 Å². The predicted octanol–water partition coefficient (Wildman–Crippen LogP) is 2.59. The molecule has 1 rings (SSSR count). The van der Waals surface area contributed by atoms with Crippen LogP contribution < -0.4 is 10.6 Å². The second kappa shape index (κ2) is 8.11. The molecular formula is C13H25N3. The third kappa shape index (κ3) is 5.12. The van der Waals surface area contributed by atoms with Gasteiger partial charge in [0, 0.05) is 25.3 Å². The molecule has 0 radical (unpaired) electrons. The fraction of sp³-hybridized carbons (Fsp3) is 0.615. The fourth-order valence-electron chi connectivity index (χ4n) is 1.27. The molecule has 16 heavy (non-hydrogen) atoms. The second-order valence-electron chi connectivity index (χ2n) is 3.71. The first-order chi connectivity index (χ1) is 7.63. The van der Waals surface area contributed by atoms with Crippen molar-refractivity contribution in [3.8, 4) is 0 Å². The topological polar surface area (TPSA) is 42.1 Å². The number of hydrogen-bond donors (Lipinski definition) is 1. The maximum atomic E-state index is 5.88. The van der Waals surface area contributed by atoms with Gasteiger partial charge in [0.25, 0.3) is 0 Å². The molecule has 3 nitrogen and oxygen atoms in total. The minimum Gasteiger partial charge on any atom is -0.372 e. The van der Waals surface area contributed by atoms with Gasteiger partial charge in [-0.15, -0.1) is 0 Å². The van der Waals surface area contributed by atoms with Crippen LogP contribution in [0.4, 0.5) is 5.69 Å². The number of nitrogens with zero attached hydrogens (tertiary/aromatic N) is 2. The molecule has 0 saturated carbocycles. The maximum absolute atomic E-state index is 5.88. The van der Waals surface area contributed by atoms with Crippen LogP contribution in [-0.2, 0) is 0 Å². The summed E-state index contributed by atoms with van der Waals surface area (Å²) in [5, 5.41) is 0. The molecule has 0 saturated heterocycles. The lowest BCUT2D eigenvalue weighted by Crippen LogP contribution is -2.34. The summed E-state index contributed by atoms with van der Waals surface area (Å²) in [6, 6.07) is 4.33. The molecule has 1 aromatic heterocycles. The third-order valence-electron chi connectivity index (χ3n) is 2.37. The zero-order valence-electron chi connectivity index (χ0n) is 11.2. The summed E-state index contributed by atoms with van der Waals surface area (Å²) >= 11 is 0. The van der Waals surface area contributed by atoms with Gasteiger partial charge in [-0.3, -0.25) is 4.98 Å². The Morgan fingerprint density at radius 3 is 2.44 bits per heavy atom. The van der Waals surface area contributed by atoms with E-state index in [0.717, 1.165) is 24.3 Å². The number of aromatic nitrogens is 1. The molecule has 2 N–H and O–H groups in total.